The molecule has 1 saturated heterocycles. The van der Waals surface area contributed by atoms with Crippen LogP contribution < -0.4 is 5.32 Å². The Morgan fingerprint density at radius 1 is 1.38 bits per heavy atom. The van der Waals surface area contributed by atoms with Gasteiger partial charge < -0.3 is 10.2 Å². The Morgan fingerprint density at radius 3 is 2.71 bits per heavy atom. The Balaban J connectivity index is 2.34. The fraction of sp³-hybridized carbons (Fsp3) is 0.429. The molecular weight excluding hydrogens is 298 g/mol. The highest BCUT2D eigenvalue weighted by molar-refractivity contribution is 7.99. The van der Waals surface area contributed by atoms with Crippen LogP contribution in [0.15, 0.2) is 29.2 Å². The van der Waals surface area contributed by atoms with Gasteiger partial charge in [0.25, 0.3) is 11.7 Å². The highest BCUT2D eigenvalue weighted by Crippen LogP contribution is 2.30. The minimum Gasteiger partial charge on any atom is -0.352 e. The number of amides is 2. The first kappa shape index (κ1) is 15.8. The lowest BCUT2D eigenvalue weighted by molar-refractivity contribution is -0.133. The van der Waals surface area contributed by atoms with Crippen LogP contribution >= 0.6 is 11.8 Å². The smallest absolute Gasteiger partial charge is 0.288 e. The number of carbonyl (C=O) groups excluding carboxylic acids is 2. The molecule has 1 aliphatic rings. The van der Waals surface area contributed by atoms with Gasteiger partial charge in [0.2, 0.25) is 5.91 Å². The Kier molecular flexibility index (Phi) is 4.51. The highest BCUT2D eigenvalue weighted by atomic mass is 32.2. The number of nitrogens with one attached hydrogen (secondary N) is 1. The normalized spacial score (nSPS) is 17.8. The molecule has 1 aromatic carbocycles. The van der Waals surface area contributed by atoms with Crippen molar-refractivity contribution in [3.63, 3.8) is 0 Å². The van der Waals surface area contributed by atoms with Gasteiger partial charge in [0.15, 0.2) is 0 Å². The van der Waals surface area contributed by atoms with Crippen molar-refractivity contribution in [2.24, 2.45) is 0 Å². The molecule has 114 valence electrons. The Morgan fingerprint density at radius 2 is 2.05 bits per heavy atom. The number of rotatable bonds is 3. The fourth-order valence-electron chi connectivity index (χ4n) is 2.24. The molecule has 0 spiro atoms. The van der Waals surface area contributed by atoms with E-state index in [9.17, 15) is 18.4 Å². The Labute approximate surface area is 125 Å². The van der Waals surface area contributed by atoms with E-state index in [4.69, 9.17) is 0 Å². The summed E-state index contributed by atoms with van der Waals surface area (Å²) in [5, 5.41) is 2.70. The maximum atomic E-state index is 12.7. The van der Waals surface area contributed by atoms with Crippen molar-refractivity contribution in [3.05, 3.63) is 29.8 Å². The first-order valence-corrected chi connectivity index (χ1v) is 7.36. The van der Waals surface area contributed by atoms with Crippen LogP contribution in [0.5, 0.6) is 0 Å². The fourth-order valence-corrected chi connectivity index (χ4v) is 2.87. The van der Waals surface area contributed by atoms with Crippen LogP contribution in [-0.4, -0.2) is 41.1 Å². The van der Waals surface area contributed by atoms with E-state index in [1.165, 1.54) is 17.0 Å². The standard InChI is InChI=1S/C14H16F2N2O2S/c1-14(2)12(20)17-7-8-18(14)11(19)9-5-3-4-6-10(9)21-13(15)16/h3-6,13H,7-8H2,1-2H3,(H,17,20). The molecule has 0 radical (unpaired) electrons. The van der Waals surface area contributed by atoms with Crippen LogP contribution in [0, 0.1) is 0 Å². The van der Waals surface area contributed by atoms with Crippen molar-refractivity contribution < 1.29 is 18.4 Å². The molecule has 1 heterocycles. The van der Waals surface area contributed by atoms with Crippen LogP contribution in [-0.2, 0) is 4.79 Å². The quantitative estimate of drug-likeness (QED) is 0.871. The van der Waals surface area contributed by atoms with Gasteiger partial charge in [-0.1, -0.05) is 23.9 Å². The summed E-state index contributed by atoms with van der Waals surface area (Å²) in [6.07, 6.45) is 0. The number of halogens is 2. The minimum absolute atomic E-state index is 0.200. The molecule has 21 heavy (non-hydrogen) atoms. The van der Waals surface area contributed by atoms with E-state index in [0.29, 0.717) is 24.9 Å². The van der Waals surface area contributed by atoms with Gasteiger partial charge in [0.05, 0.1) is 5.56 Å². The molecular formula is C14H16F2N2O2S. The van der Waals surface area contributed by atoms with Crippen LogP contribution in [0.1, 0.15) is 24.2 Å². The zero-order chi connectivity index (χ0) is 15.6. The van der Waals surface area contributed by atoms with Gasteiger partial charge in [-0.25, -0.2) is 0 Å². The number of carbonyl (C=O) groups is 2. The zero-order valence-electron chi connectivity index (χ0n) is 11.7. The van der Waals surface area contributed by atoms with Crippen LogP contribution in [0.3, 0.4) is 0 Å². The van der Waals surface area contributed by atoms with Gasteiger partial charge in [-0.3, -0.25) is 9.59 Å². The molecule has 1 aromatic rings. The third-order valence-corrected chi connectivity index (χ3v) is 4.22. The maximum Gasteiger partial charge on any atom is 0.288 e. The second-order valence-corrected chi connectivity index (χ2v) is 6.18. The Hall–Kier alpha value is -1.63. The van der Waals surface area contributed by atoms with E-state index in [-0.39, 0.29) is 16.4 Å². The van der Waals surface area contributed by atoms with Gasteiger partial charge in [-0.15, -0.1) is 0 Å². The average Bonchev–Trinajstić information content (AvgIpc) is 2.41. The number of alkyl halides is 2. The molecule has 1 aliphatic heterocycles. The second-order valence-electron chi connectivity index (χ2n) is 5.15. The molecule has 0 unspecified atom stereocenters. The lowest BCUT2D eigenvalue weighted by Crippen LogP contribution is -2.63. The molecule has 2 rings (SSSR count). The summed E-state index contributed by atoms with van der Waals surface area (Å²) in [7, 11) is 0. The monoisotopic (exact) mass is 314 g/mol. The van der Waals surface area contributed by atoms with E-state index in [1.807, 2.05) is 0 Å². The topological polar surface area (TPSA) is 49.4 Å². The summed E-state index contributed by atoms with van der Waals surface area (Å²) in [4.78, 5) is 26.2. The van der Waals surface area contributed by atoms with Crippen LogP contribution in [0.2, 0.25) is 0 Å². The third-order valence-electron chi connectivity index (χ3n) is 3.43. The number of piperazine rings is 1. The number of hydrogen-bond donors (Lipinski definition) is 1. The van der Waals surface area contributed by atoms with Crippen molar-refractivity contribution in [1.82, 2.24) is 10.2 Å². The Bertz CT molecular complexity index is 564. The molecule has 7 heteroatoms. The van der Waals surface area contributed by atoms with Gasteiger partial charge in [-0.05, 0) is 26.0 Å². The molecule has 0 aliphatic carbocycles. The lowest BCUT2D eigenvalue weighted by Gasteiger charge is -2.41. The van der Waals surface area contributed by atoms with E-state index < -0.39 is 17.2 Å². The summed E-state index contributed by atoms with van der Waals surface area (Å²) in [6, 6.07) is 6.23. The zero-order valence-corrected chi connectivity index (χ0v) is 12.5. The summed E-state index contributed by atoms with van der Waals surface area (Å²) in [5.41, 5.74) is -0.802. The van der Waals surface area contributed by atoms with Gasteiger partial charge in [0.1, 0.15) is 5.54 Å². The van der Waals surface area contributed by atoms with Gasteiger partial charge >= 0.3 is 0 Å². The van der Waals surface area contributed by atoms with Crippen molar-refractivity contribution in [3.8, 4) is 0 Å². The number of hydrogen-bond acceptors (Lipinski definition) is 3. The number of nitrogens with zero attached hydrogens (tertiary/aromatic N) is 1. The summed E-state index contributed by atoms with van der Waals surface area (Å²) >= 11 is 0.337. The summed E-state index contributed by atoms with van der Waals surface area (Å²) in [5.74, 6) is -3.25. The van der Waals surface area contributed by atoms with E-state index >= 15 is 0 Å². The van der Waals surface area contributed by atoms with E-state index in [0.717, 1.165) is 0 Å². The summed E-state index contributed by atoms with van der Waals surface area (Å²) < 4.78 is 25.2. The molecule has 4 nitrogen and oxygen atoms in total. The molecule has 1 fully saturated rings. The van der Waals surface area contributed by atoms with Crippen molar-refractivity contribution in [2.45, 2.75) is 30.0 Å². The third kappa shape index (κ3) is 3.18. The largest absolute Gasteiger partial charge is 0.352 e. The van der Waals surface area contributed by atoms with Gasteiger partial charge in [0, 0.05) is 18.0 Å². The van der Waals surface area contributed by atoms with Crippen molar-refractivity contribution >= 4 is 23.6 Å². The van der Waals surface area contributed by atoms with Crippen LogP contribution in [0.4, 0.5) is 8.78 Å². The predicted molar refractivity (Wildman–Crippen MR) is 76.4 cm³/mol. The second kappa shape index (κ2) is 6.01. The minimum atomic E-state index is -2.60. The predicted octanol–water partition coefficient (Wildman–Crippen LogP) is 2.35. The molecule has 0 bridgehead atoms. The molecule has 1 N–H and O–H groups in total. The van der Waals surface area contributed by atoms with E-state index in [2.05, 4.69) is 5.32 Å². The molecule has 0 aromatic heterocycles. The maximum absolute atomic E-state index is 12.7. The average molecular weight is 314 g/mol. The number of thioether (sulfide) groups is 1. The van der Waals surface area contributed by atoms with Crippen LogP contribution in [0.25, 0.3) is 0 Å². The highest BCUT2D eigenvalue weighted by Gasteiger charge is 2.41. The molecule has 0 saturated carbocycles. The van der Waals surface area contributed by atoms with E-state index in [1.54, 1.807) is 26.0 Å². The lowest BCUT2D eigenvalue weighted by atomic mass is 9.97. The first-order valence-electron chi connectivity index (χ1n) is 6.48. The van der Waals surface area contributed by atoms with Gasteiger partial charge in [-0.2, -0.15) is 8.78 Å². The number of benzene rings is 1. The molecule has 0 atom stereocenters. The van der Waals surface area contributed by atoms with Crippen molar-refractivity contribution in [2.75, 3.05) is 13.1 Å². The first-order chi connectivity index (χ1) is 9.84. The SMILES string of the molecule is CC1(C)C(=O)NCCN1C(=O)c1ccccc1SC(F)F. The summed E-state index contributed by atoms with van der Waals surface area (Å²) in [6.45, 7) is 3.99. The molecule has 2 amide bonds. The van der Waals surface area contributed by atoms with Crippen molar-refractivity contribution in [1.29, 1.82) is 0 Å².